The van der Waals surface area contributed by atoms with Crippen LogP contribution in [0.2, 0.25) is 5.02 Å². The quantitative estimate of drug-likeness (QED) is 0.208. The molecule has 0 unspecified atom stereocenters. The number of rotatable bonds is 9. The fraction of sp³-hybridized carbons (Fsp3) is 0.476. The second kappa shape index (κ2) is 11.6. The van der Waals surface area contributed by atoms with Gasteiger partial charge in [0.25, 0.3) is 0 Å². The number of hydrogen-bond acceptors (Lipinski definition) is 6. The van der Waals surface area contributed by atoms with Crippen LogP contribution in [-0.2, 0) is 14.3 Å². The van der Waals surface area contributed by atoms with Gasteiger partial charge in [-0.25, -0.2) is 4.79 Å². The molecule has 1 aliphatic rings. The van der Waals surface area contributed by atoms with Crippen LogP contribution in [0.1, 0.15) is 43.0 Å². The van der Waals surface area contributed by atoms with Crippen LogP contribution in [0, 0.1) is 5.92 Å². The third-order valence-electron chi connectivity index (χ3n) is 4.83. The van der Waals surface area contributed by atoms with Gasteiger partial charge in [0, 0.05) is 31.0 Å². The van der Waals surface area contributed by atoms with E-state index in [1.165, 1.54) is 0 Å². The van der Waals surface area contributed by atoms with Crippen molar-refractivity contribution in [1.29, 1.82) is 0 Å². The number of halogens is 1. The molecule has 1 aromatic carbocycles. The molecule has 29 heavy (non-hydrogen) atoms. The summed E-state index contributed by atoms with van der Waals surface area (Å²) in [6, 6.07) is 6.57. The van der Waals surface area contributed by atoms with E-state index in [1.54, 1.807) is 31.2 Å². The molecular formula is C21H28ClN3O4. The monoisotopic (exact) mass is 421 g/mol. The van der Waals surface area contributed by atoms with Gasteiger partial charge in [-0.05, 0) is 43.7 Å². The Morgan fingerprint density at radius 2 is 1.93 bits per heavy atom. The molecule has 0 bridgehead atoms. The molecule has 0 radical (unpaired) electrons. The van der Waals surface area contributed by atoms with Crippen molar-refractivity contribution in [2.24, 2.45) is 22.4 Å². The number of allylic oxidation sites excluding steroid dienone is 1. The van der Waals surface area contributed by atoms with E-state index in [4.69, 9.17) is 32.5 Å². The van der Waals surface area contributed by atoms with Gasteiger partial charge in [-0.2, -0.15) is 0 Å². The van der Waals surface area contributed by atoms with Crippen LogP contribution in [0.5, 0.6) is 0 Å². The lowest BCUT2D eigenvalue weighted by Gasteiger charge is -2.21. The summed E-state index contributed by atoms with van der Waals surface area (Å²) in [5.41, 5.74) is 12.6. The highest BCUT2D eigenvalue weighted by molar-refractivity contribution is 6.34. The Labute approximate surface area is 176 Å². The standard InChI is InChI=1S/C21H28ClN3O4/c1-2-17(23)19(20(24)25-10-7-14-8-11-28-12-9-14)21(27)29-13-18(26)15-5-3-4-6-16(15)22/h3-6,14H,2,7-13,23H2,1H3,(H2,24,25). The number of aliphatic imine (C=N–C) groups is 1. The van der Waals surface area contributed by atoms with Crippen molar-refractivity contribution in [3.05, 3.63) is 46.1 Å². The van der Waals surface area contributed by atoms with E-state index in [9.17, 15) is 9.59 Å². The lowest BCUT2D eigenvalue weighted by molar-refractivity contribution is -0.137. The number of nitrogens with two attached hydrogens (primary N) is 2. The number of nitrogens with zero attached hydrogens (tertiary/aromatic N) is 1. The maximum absolute atomic E-state index is 12.5. The molecular weight excluding hydrogens is 394 g/mol. The molecule has 0 aromatic heterocycles. The van der Waals surface area contributed by atoms with Gasteiger partial charge in [0.15, 0.2) is 6.61 Å². The molecule has 1 aliphatic heterocycles. The molecule has 1 heterocycles. The summed E-state index contributed by atoms with van der Waals surface area (Å²) in [6.45, 7) is 3.36. The minimum Gasteiger partial charge on any atom is -0.454 e. The third kappa shape index (κ3) is 6.87. The predicted molar refractivity (Wildman–Crippen MR) is 113 cm³/mol. The van der Waals surface area contributed by atoms with Gasteiger partial charge >= 0.3 is 5.97 Å². The van der Waals surface area contributed by atoms with E-state index in [2.05, 4.69) is 4.99 Å². The fourth-order valence-corrected chi connectivity index (χ4v) is 3.27. The first-order chi connectivity index (χ1) is 13.9. The average Bonchev–Trinajstić information content (AvgIpc) is 2.73. The number of hydrogen-bond donors (Lipinski definition) is 2. The number of Topliss-reactive ketones (excluding diaryl/α,β-unsaturated/α-hetero) is 1. The van der Waals surface area contributed by atoms with Crippen LogP contribution in [0.25, 0.3) is 0 Å². The Morgan fingerprint density at radius 1 is 1.24 bits per heavy atom. The number of carbonyl (C=O) groups excluding carboxylic acids is 2. The van der Waals surface area contributed by atoms with Gasteiger partial charge in [0.2, 0.25) is 5.78 Å². The van der Waals surface area contributed by atoms with Gasteiger partial charge in [-0.15, -0.1) is 0 Å². The minimum absolute atomic E-state index is 0.0198. The highest BCUT2D eigenvalue weighted by Crippen LogP contribution is 2.19. The summed E-state index contributed by atoms with van der Waals surface area (Å²) in [5.74, 6) is -0.603. The lowest BCUT2D eigenvalue weighted by Crippen LogP contribution is -2.28. The third-order valence-corrected chi connectivity index (χ3v) is 5.16. The second-order valence-corrected chi connectivity index (χ2v) is 7.25. The zero-order valence-electron chi connectivity index (χ0n) is 16.7. The van der Waals surface area contributed by atoms with Gasteiger partial charge in [-0.3, -0.25) is 9.79 Å². The maximum Gasteiger partial charge on any atom is 0.344 e. The molecule has 8 heteroatoms. The predicted octanol–water partition coefficient (Wildman–Crippen LogP) is 2.86. The van der Waals surface area contributed by atoms with Crippen LogP contribution in [0.3, 0.4) is 0 Å². The highest BCUT2D eigenvalue weighted by atomic mass is 35.5. The number of benzene rings is 1. The summed E-state index contributed by atoms with van der Waals surface area (Å²) < 4.78 is 10.5. The highest BCUT2D eigenvalue weighted by Gasteiger charge is 2.21. The van der Waals surface area contributed by atoms with E-state index in [0.29, 0.717) is 23.9 Å². The Balaban J connectivity index is 1.99. The molecule has 2 rings (SSSR count). The number of ketones is 1. The minimum atomic E-state index is -0.767. The Morgan fingerprint density at radius 3 is 2.59 bits per heavy atom. The normalized spacial score (nSPS) is 16.3. The summed E-state index contributed by atoms with van der Waals surface area (Å²) >= 11 is 6.00. The molecule has 7 nitrogen and oxygen atoms in total. The zero-order chi connectivity index (χ0) is 21.2. The summed E-state index contributed by atoms with van der Waals surface area (Å²) in [4.78, 5) is 29.1. The number of ether oxygens (including phenoxy) is 2. The van der Waals surface area contributed by atoms with Crippen molar-refractivity contribution in [2.45, 2.75) is 32.6 Å². The lowest BCUT2D eigenvalue weighted by atomic mass is 9.97. The SMILES string of the molecule is CCC(N)=C(C(=O)OCC(=O)c1ccccc1Cl)C(N)=NCCC1CCOCC1. The molecule has 0 amide bonds. The number of esters is 1. The van der Waals surface area contributed by atoms with E-state index in [1.807, 2.05) is 0 Å². The van der Waals surface area contributed by atoms with E-state index in [-0.39, 0.29) is 22.7 Å². The summed E-state index contributed by atoms with van der Waals surface area (Å²) in [6.07, 6.45) is 3.27. The van der Waals surface area contributed by atoms with Crippen molar-refractivity contribution in [2.75, 3.05) is 26.4 Å². The summed E-state index contributed by atoms with van der Waals surface area (Å²) in [7, 11) is 0. The van der Waals surface area contributed by atoms with Crippen molar-refractivity contribution in [1.82, 2.24) is 0 Å². The van der Waals surface area contributed by atoms with Crippen LogP contribution in [0.15, 0.2) is 40.5 Å². The van der Waals surface area contributed by atoms with Crippen LogP contribution >= 0.6 is 11.6 Å². The first-order valence-electron chi connectivity index (χ1n) is 9.75. The molecule has 0 spiro atoms. The van der Waals surface area contributed by atoms with Crippen LogP contribution in [-0.4, -0.2) is 44.0 Å². The largest absolute Gasteiger partial charge is 0.454 e. The van der Waals surface area contributed by atoms with Crippen LogP contribution in [0.4, 0.5) is 0 Å². The fourth-order valence-electron chi connectivity index (χ4n) is 3.03. The molecule has 1 fully saturated rings. The van der Waals surface area contributed by atoms with Crippen LogP contribution < -0.4 is 11.5 Å². The average molecular weight is 422 g/mol. The van der Waals surface area contributed by atoms with E-state index >= 15 is 0 Å². The Hall–Kier alpha value is -2.38. The van der Waals surface area contributed by atoms with Gasteiger partial charge in [0.05, 0.1) is 5.02 Å². The molecule has 1 saturated heterocycles. The molecule has 1 aromatic rings. The maximum atomic E-state index is 12.5. The van der Waals surface area contributed by atoms with Gasteiger partial charge in [0.1, 0.15) is 11.4 Å². The number of carbonyl (C=O) groups is 2. The van der Waals surface area contributed by atoms with Gasteiger partial charge in [-0.1, -0.05) is 30.7 Å². The second-order valence-electron chi connectivity index (χ2n) is 6.84. The Bertz CT molecular complexity index is 786. The van der Waals surface area contributed by atoms with E-state index < -0.39 is 18.4 Å². The first kappa shape index (κ1) is 22.9. The smallest absolute Gasteiger partial charge is 0.344 e. The zero-order valence-corrected chi connectivity index (χ0v) is 17.4. The molecule has 4 N–H and O–H groups in total. The molecule has 158 valence electrons. The van der Waals surface area contributed by atoms with Crippen molar-refractivity contribution >= 4 is 29.2 Å². The summed E-state index contributed by atoms with van der Waals surface area (Å²) in [5, 5.41) is 0.298. The van der Waals surface area contributed by atoms with Crippen molar-refractivity contribution in [3.63, 3.8) is 0 Å². The van der Waals surface area contributed by atoms with E-state index in [0.717, 1.165) is 32.5 Å². The van der Waals surface area contributed by atoms with Crippen molar-refractivity contribution < 1.29 is 19.1 Å². The van der Waals surface area contributed by atoms with Crippen molar-refractivity contribution in [3.8, 4) is 0 Å². The molecule has 0 atom stereocenters. The Kier molecular flexibility index (Phi) is 9.15. The number of amidine groups is 1. The van der Waals surface area contributed by atoms with Gasteiger partial charge < -0.3 is 20.9 Å². The first-order valence-corrected chi connectivity index (χ1v) is 10.1. The molecule has 0 aliphatic carbocycles. The topological polar surface area (TPSA) is 117 Å². The molecule has 0 saturated carbocycles.